The van der Waals surface area contributed by atoms with Crippen molar-refractivity contribution < 1.29 is 9.53 Å². The van der Waals surface area contributed by atoms with E-state index in [1.807, 2.05) is 17.2 Å². The van der Waals surface area contributed by atoms with Crippen molar-refractivity contribution in [2.45, 2.75) is 25.4 Å². The molecule has 0 saturated carbocycles. The summed E-state index contributed by atoms with van der Waals surface area (Å²) in [6.45, 7) is 2.17. The van der Waals surface area contributed by atoms with Gasteiger partial charge in [0, 0.05) is 25.3 Å². The number of ether oxygens (including phenoxy) is 1. The number of benzene rings is 1. The van der Waals surface area contributed by atoms with E-state index < -0.39 is 0 Å². The van der Waals surface area contributed by atoms with Gasteiger partial charge in [-0.05, 0) is 24.7 Å². The predicted octanol–water partition coefficient (Wildman–Crippen LogP) is 2.60. The van der Waals surface area contributed by atoms with Crippen LogP contribution in [-0.4, -0.2) is 48.6 Å². The highest BCUT2D eigenvalue weighted by molar-refractivity contribution is 7.98. The maximum absolute atomic E-state index is 12.0. The van der Waals surface area contributed by atoms with Crippen LogP contribution in [-0.2, 0) is 16.0 Å². The Labute approximate surface area is 125 Å². The molecule has 1 fully saturated rings. The molecule has 0 radical (unpaired) electrons. The Balaban J connectivity index is 1.77. The maximum Gasteiger partial charge on any atom is 0.223 e. The van der Waals surface area contributed by atoms with E-state index in [9.17, 15) is 4.79 Å². The summed E-state index contributed by atoms with van der Waals surface area (Å²) in [5.74, 6) is 1.18. The third-order valence-corrected chi connectivity index (χ3v) is 4.22. The van der Waals surface area contributed by atoms with Crippen LogP contribution >= 0.6 is 11.8 Å². The molecule has 1 heterocycles. The lowest BCUT2D eigenvalue weighted by Gasteiger charge is -2.33. The Bertz CT molecular complexity index is 410. The van der Waals surface area contributed by atoms with Crippen LogP contribution in [0.1, 0.15) is 18.4 Å². The molecule has 1 aromatic carbocycles. The smallest absolute Gasteiger partial charge is 0.223 e. The molecule has 0 aromatic heterocycles. The van der Waals surface area contributed by atoms with Crippen LogP contribution in [0.5, 0.6) is 0 Å². The van der Waals surface area contributed by atoms with Gasteiger partial charge in [0.25, 0.3) is 0 Å². The van der Waals surface area contributed by atoms with Gasteiger partial charge in [-0.25, -0.2) is 0 Å². The van der Waals surface area contributed by atoms with E-state index >= 15 is 0 Å². The zero-order valence-electron chi connectivity index (χ0n) is 12.1. The van der Waals surface area contributed by atoms with E-state index in [2.05, 4.69) is 24.3 Å². The van der Waals surface area contributed by atoms with Gasteiger partial charge >= 0.3 is 0 Å². The Morgan fingerprint density at radius 2 is 2.20 bits per heavy atom. The summed E-state index contributed by atoms with van der Waals surface area (Å²) in [7, 11) is 0. The molecule has 3 nitrogen and oxygen atoms in total. The van der Waals surface area contributed by atoms with Gasteiger partial charge in [-0.15, -0.1) is 0 Å². The molecule has 0 spiro atoms. The first-order valence-corrected chi connectivity index (χ1v) is 8.61. The third kappa shape index (κ3) is 4.84. The highest BCUT2D eigenvalue weighted by Crippen LogP contribution is 2.14. The van der Waals surface area contributed by atoms with E-state index in [0.717, 1.165) is 31.7 Å². The van der Waals surface area contributed by atoms with Crippen molar-refractivity contribution in [3.8, 4) is 0 Å². The molecule has 0 aliphatic carbocycles. The van der Waals surface area contributed by atoms with Crippen LogP contribution in [0.25, 0.3) is 0 Å². The molecule has 0 N–H and O–H groups in total. The van der Waals surface area contributed by atoms with Crippen molar-refractivity contribution >= 4 is 17.7 Å². The van der Waals surface area contributed by atoms with Gasteiger partial charge in [-0.1, -0.05) is 30.3 Å². The van der Waals surface area contributed by atoms with E-state index in [1.165, 1.54) is 5.56 Å². The quantitative estimate of drug-likeness (QED) is 0.807. The molecule has 2 rings (SSSR count). The summed E-state index contributed by atoms with van der Waals surface area (Å²) in [5, 5.41) is 0. The Morgan fingerprint density at radius 1 is 1.40 bits per heavy atom. The number of morpholine rings is 1. The first-order chi connectivity index (χ1) is 9.79. The zero-order valence-corrected chi connectivity index (χ0v) is 12.9. The van der Waals surface area contributed by atoms with Crippen molar-refractivity contribution in [2.24, 2.45) is 0 Å². The second kappa shape index (κ2) is 8.32. The standard InChI is InChI=1S/C16H23NO2S/c1-20-12-9-16(18)17-10-11-19-15(13-17)8-7-14-5-3-2-4-6-14/h2-6,15H,7-13H2,1H3. The third-order valence-electron chi connectivity index (χ3n) is 3.61. The normalized spacial score (nSPS) is 19.1. The van der Waals surface area contributed by atoms with Gasteiger partial charge in [0.05, 0.1) is 12.7 Å². The Morgan fingerprint density at radius 3 is 2.95 bits per heavy atom. The average molecular weight is 293 g/mol. The molecule has 1 atom stereocenters. The Hall–Kier alpha value is -1.00. The van der Waals surface area contributed by atoms with Crippen molar-refractivity contribution in [1.82, 2.24) is 4.90 Å². The van der Waals surface area contributed by atoms with Crippen LogP contribution < -0.4 is 0 Å². The van der Waals surface area contributed by atoms with E-state index in [4.69, 9.17) is 4.74 Å². The summed E-state index contributed by atoms with van der Waals surface area (Å²) in [6, 6.07) is 10.5. The molecule has 110 valence electrons. The fraction of sp³-hybridized carbons (Fsp3) is 0.562. The summed E-state index contributed by atoms with van der Waals surface area (Å²) in [4.78, 5) is 14.0. The second-order valence-corrected chi connectivity index (χ2v) is 6.09. The molecule has 0 bridgehead atoms. The second-order valence-electron chi connectivity index (χ2n) is 5.10. The monoisotopic (exact) mass is 293 g/mol. The molecular weight excluding hydrogens is 270 g/mol. The minimum atomic E-state index is 0.183. The minimum absolute atomic E-state index is 0.183. The summed E-state index contributed by atoms with van der Waals surface area (Å²) < 4.78 is 5.79. The van der Waals surface area contributed by atoms with E-state index in [1.54, 1.807) is 11.8 Å². The number of aryl methyl sites for hydroxylation is 1. The molecule has 1 aromatic rings. The van der Waals surface area contributed by atoms with Gasteiger partial charge in [0.2, 0.25) is 5.91 Å². The van der Waals surface area contributed by atoms with Gasteiger partial charge in [0.1, 0.15) is 0 Å². The fourth-order valence-corrected chi connectivity index (χ4v) is 2.82. The van der Waals surface area contributed by atoms with Crippen LogP contribution in [0.4, 0.5) is 0 Å². The lowest BCUT2D eigenvalue weighted by Crippen LogP contribution is -2.45. The minimum Gasteiger partial charge on any atom is -0.375 e. The summed E-state index contributed by atoms with van der Waals surface area (Å²) in [6.07, 6.45) is 4.86. The molecular formula is C16H23NO2S. The number of hydrogen-bond donors (Lipinski definition) is 0. The SMILES string of the molecule is CSCCC(=O)N1CCOC(CCc2ccccc2)C1. The molecule has 20 heavy (non-hydrogen) atoms. The van der Waals surface area contributed by atoms with Gasteiger partial charge < -0.3 is 9.64 Å². The predicted molar refractivity (Wildman–Crippen MR) is 84.1 cm³/mol. The molecule has 1 aliphatic heterocycles. The number of carbonyl (C=O) groups excluding carboxylic acids is 1. The Kier molecular flexibility index (Phi) is 6.40. The summed E-state index contributed by atoms with van der Waals surface area (Å²) >= 11 is 1.72. The number of nitrogens with zero attached hydrogens (tertiary/aromatic N) is 1. The van der Waals surface area contributed by atoms with Gasteiger partial charge in [0.15, 0.2) is 0 Å². The fourth-order valence-electron chi connectivity index (χ4n) is 2.44. The largest absolute Gasteiger partial charge is 0.375 e. The average Bonchev–Trinajstić information content (AvgIpc) is 2.52. The number of carbonyl (C=O) groups is 1. The first-order valence-electron chi connectivity index (χ1n) is 7.22. The highest BCUT2D eigenvalue weighted by Gasteiger charge is 2.23. The van der Waals surface area contributed by atoms with Crippen LogP contribution in [0.2, 0.25) is 0 Å². The van der Waals surface area contributed by atoms with E-state index in [0.29, 0.717) is 13.0 Å². The molecule has 4 heteroatoms. The van der Waals surface area contributed by atoms with E-state index in [-0.39, 0.29) is 12.0 Å². The molecule has 1 aliphatic rings. The first kappa shape index (κ1) is 15.4. The topological polar surface area (TPSA) is 29.5 Å². The zero-order chi connectivity index (χ0) is 14.2. The van der Waals surface area contributed by atoms with Crippen molar-refractivity contribution in [1.29, 1.82) is 0 Å². The van der Waals surface area contributed by atoms with Gasteiger partial charge in [-0.3, -0.25) is 4.79 Å². The maximum atomic E-state index is 12.0. The highest BCUT2D eigenvalue weighted by atomic mass is 32.2. The van der Waals surface area contributed by atoms with Crippen molar-refractivity contribution in [3.05, 3.63) is 35.9 Å². The van der Waals surface area contributed by atoms with Crippen molar-refractivity contribution in [2.75, 3.05) is 31.7 Å². The number of amides is 1. The molecule has 1 saturated heterocycles. The lowest BCUT2D eigenvalue weighted by molar-refractivity contribution is -0.138. The number of thioether (sulfide) groups is 1. The lowest BCUT2D eigenvalue weighted by atomic mass is 10.1. The number of rotatable bonds is 6. The van der Waals surface area contributed by atoms with Crippen LogP contribution in [0.3, 0.4) is 0 Å². The van der Waals surface area contributed by atoms with Crippen LogP contribution in [0.15, 0.2) is 30.3 Å². The number of hydrogen-bond acceptors (Lipinski definition) is 3. The van der Waals surface area contributed by atoms with Crippen LogP contribution in [0, 0.1) is 0 Å². The molecule has 1 amide bonds. The van der Waals surface area contributed by atoms with Gasteiger partial charge in [-0.2, -0.15) is 11.8 Å². The summed E-state index contributed by atoms with van der Waals surface area (Å²) in [5.41, 5.74) is 1.34. The molecule has 1 unspecified atom stereocenters. The van der Waals surface area contributed by atoms with Crippen molar-refractivity contribution in [3.63, 3.8) is 0 Å².